The molecule has 8 heteroatoms. The lowest BCUT2D eigenvalue weighted by Gasteiger charge is -2.36. The summed E-state index contributed by atoms with van der Waals surface area (Å²) in [6.45, 7) is 8.16. The molecule has 156 valence electrons. The summed E-state index contributed by atoms with van der Waals surface area (Å²) in [6, 6.07) is 5.90. The van der Waals surface area contributed by atoms with E-state index >= 15 is 0 Å². The first kappa shape index (κ1) is 22.7. The lowest BCUT2D eigenvalue weighted by molar-refractivity contribution is -0.140. The number of halogens is 1. The van der Waals surface area contributed by atoms with Crippen LogP contribution >= 0.6 is 23.8 Å². The molecule has 0 unspecified atom stereocenters. The number of benzene rings is 1. The highest BCUT2D eigenvalue weighted by atomic mass is 35.5. The molecule has 1 aliphatic rings. The van der Waals surface area contributed by atoms with Gasteiger partial charge >= 0.3 is 5.97 Å². The van der Waals surface area contributed by atoms with Gasteiger partial charge in [0.1, 0.15) is 0 Å². The Morgan fingerprint density at radius 1 is 1.21 bits per heavy atom. The first-order valence-corrected chi connectivity index (χ1v) is 10.7. The van der Waals surface area contributed by atoms with E-state index in [1.54, 1.807) is 0 Å². The molecule has 1 fully saturated rings. The average molecular weight is 427 g/mol. The molecule has 2 rings (SSSR count). The number of ether oxygens (including phenoxy) is 1. The van der Waals surface area contributed by atoms with Crippen LogP contribution in [0.1, 0.15) is 32.6 Å². The molecule has 1 saturated heterocycles. The van der Waals surface area contributed by atoms with Crippen molar-refractivity contribution in [2.24, 2.45) is 0 Å². The minimum atomic E-state index is -0.154. The predicted octanol–water partition coefficient (Wildman–Crippen LogP) is 3.50. The highest BCUT2D eigenvalue weighted by Gasteiger charge is 2.18. The zero-order valence-electron chi connectivity index (χ0n) is 16.8. The smallest absolute Gasteiger partial charge is 0.305 e. The van der Waals surface area contributed by atoms with Crippen molar-refractivity contribution in [2.75, 3.05) is 56.6 Å². The van der Waals surface area contributed by atoms with Crippen molar-refractivity contribution < 1.29 is 9.53 Å². The van der Waals surface area contributed by atoms with E-state index in [0.717, 1.165) is 69.9 Å². The van der Waals surface area contributed by atoms with E-state index in [1.165, 1.54) is 7.11 Å². The van der Waals surface area contributed by atoms with E-state index in [2.05, 4.69) is 38.2 Å². The van der Waals surface area contributed by atoms with Crippen molar-refractivity contribution in [3.05, 3.63) is 23.2 Å². The fraction of sp³-hybridized carbons (Fsp3) is 0.600. The van der Waals surface area contributed by atoms with E-state index in [4.69, 9.17) is 23.8 Å². The number of anilines is 2. The molecule has 0 spiro atoms. The molecule has 1 heterocycles. The van der Waals surface area contributed by atoms with E-state index < -0.39 is 0 Å². The van der Waals surface area contributed by atoms with E-state index in [-0.39, 0.29) is 5.97 Å². The molecule has 28 heavy (non-hydrogen) atoms. The highest BCUT2D eigenvalue weighted by Crippen LogP contribution is 2.30. The van der Waals surface area contributed by atoms with Crippen LogP contribution in [0.25, 0.3) is 0 Å². The summed E-state index contributed by atoms with van der Waals surface area (Å²) in [5.74, 6) is -0.154. The molecule has 1 aromatic rings. The third-order valence-corrected chi connectivity index (χ3v) is 5.42. The Morgan fingerprint density at radius 2 is 1.96 bits per heavy atom. The molecule has 0 atom stereocenters. The zero-order valence-corrected chi connectivity index (χ0v) is 18.4. The van der Waals surface area contributed by atoms with Crippen LogP contribution in [0.4, 0.5) is 11.4 Å². The largest absolute Gasteiger partial charge is 0.469 e. The summed E-state index contributed by atoms with van der Waals surface area (Å²) < 4.78 is 4.64. The number of rotatable bonds is 9. The standard InChI is InChI=1S/C20H31ClN4O2S/c1-3-24-11-13-25(14-12-24)18-9-8-16(21)15-17(18)23-20(28)22-10-6-4-5-7-19(26)27-2/h8-9,15H,3-7,10-14H2,1-2H3,(H2,22,23,28). The molecular weight excluding hydrogens is 396 g/mol. The minimum Gasteiger partial charge on any atom is -0.469 e. The Hall–Kier alpha value is -1.57. The third-order valence-electron chi connectivity index (χ3n) is 4.94. The quantitative estimate of drug-likeness (QED) is 0.356. The number of likely N-dealkylation sites (N-methyl/N-ethyl adjacent to an activating group) is 1. The van der Waals surface area contributed by atoms with Gasteiger partial charge in [-0.25, -0.2) is 0 Å². The first-order valence-electron chi connectivity index (χ1n) is 9.92. The molecule has 2 N–H and O–H groups in total. The summed E-state index contributed by atoms with van der Waals surface area (Å²) in [7, 11) is 1.42. The normalized spacial score (nSPS) is 14.6. The lowest BCUT2D eigenvalue weighted by Crippen LogP contribution is -2.46. The minimum absolute atomic E-state index is 0.154. The number of piperazine rings is 1. The maximum atomic E-state index is 11.1. The van der Waals surface area contributed by atoms with Crippen molar-refractivity contribution in [3.63, 3.8) is 0 Å². The number of thiocarbonyl (C=S) groups is 1. The Kier molecular flexibility index (Phi) is 9.81. The van der Waals surface area contributed by atoms with Crippen LogP contribution in [-0.2, 0) is 9.53 Å². The van der Waals surface area contributed by atoms with E-state index in [9.17, 15) is 4.79 Å². The molecular formula is C20H31ClN4O2S. The van der Waals surface area contributed by atoms with E-state index in [1.807, 2.05) is 12.1 Å². The topological polar surface area (TPSA) is 56.8 Å². The van der Waals surface area contributed by atoms with Gasteiger partial charge < -0.3 is 25.2 Å². The van der Waals surface area contributed by atoms with Gasteiger partial charge in [-0.2, -0.15) is 0 Å². The molecule has 0 aliphatic carbocycles. The van der Waals surface area contributed by atoms with Crippen LogP contribution in [0, 0.1) is 0 Å². The van der Waals surface area contributed by atoms with Crippen molar-refractivity contribution in [1.29, 1.82) is 0 Å². The fourth-order valence-corrected chi connectivity index (χ4v) is 3.61. The maximum Gasteiger partial charge on any atom is 0.305 e. The fourth-order valence-electron chi connectivity index (χ4n) is 3.23. The zero-order chi connectivity index (χ0) is 20.4. The Morgan fingerprint density at radius 3 is 2.64 bits per heavy atom. The van der Waals surface area contributed by atoms with Gasteiger partial charge in [-0.15, -0.1) is 0 Å². The van der Waals surface area contributed by atoms with Gasteiger partial charge in [-0.1, -0.05) is 24.9 Å². The van der Waals surface area contributed by atoms with Gasteiger partial charge in [-0.05, 0) is 49.8 Å². The van der Waals surface area contributed by atoms with Crippen molar-refractivity contribution in [2.45, 2.75) is 32.6 Å². The summed E-state index contributed by atoms with van der Waals surface area (Å²) in [6.07, 6.45) is 3.20. The number of unbranched alkanes of at least 4 members (excludes halogenated alkanes) is 2. The first-order chi connectivity index (χ1) is 13.5. The third kappa shape index (κ3) is 7.45. The molecule has 0 saturated carbocycles. The number of esters is 1. The van der Waals surface area contributed by atoms with Gasteiger partial charge in [0.25, 0.3) is 0 Å². The molecule has 0 radical (unpaired) electrons. The van der Waals surface area contributed by atoms with Gasteiger partial charge in [0.2, 0.25) is 0 Å². The molecule has 1 aliphatic heterocycles. The predicted molar refractivity (Wildman–Crippen MR) is 120 cm³/mol. The second-order valence-corrected chi connectivity index (χ2v) is 7.70. The molecule has 0 amide bonds. The van der Waals surface area contributed by atoms with Gasteiger partial charge in [0.05, 0.1) is 18.5 Å². The Balaban J connectivity index is 1.81. The number of nitrogens with zero attached hydrogens (tertiary/aromatic N) is 2. The Labute approximate surface area is 178 Å². The monoisotopic (exact) mass is 426 g/mol. The second-order valence-electron chi connectivity index (χ2n) is 6.85. The lowest BCUT2D eigenvalue weighted by atomic mass is 10.2. The molecule has 1 aromatic carbocycles. The van der Waals surface area contributed by atoms with Crippen LogP contribution in [0.2, 0.25) is 5.02 Å². The van der Waals surface area contributed by atoms with Crippen molar-refractivity contribution in [1.82, 2.24) is 10.2 Å². The number of nitrogens with one attached hydrogen (secondary N) is 2. The molecule has 0 aromatic heterocycles. The van der Waals surface area contributed by atoms with Crippen LogP contribution in [0.3, 0.4) is 0 Å². The van der Waals surface area contributed by atoms with Crippen LogP contribution < -0.4 is 15.5 Å². The van der Waals surface area contributed by atoms with Crippen LogP contribution in [0.15, 0.2) is 18.2 Å². The summed E-state index contributed by atoms with van der Waals surface area (Å²) in [4.78, 5) is 15.9. The average Bonchev–Trinajstić information content (AvgIpc) is 2.70. The molecule has 6 nitrogen and oxygen atoms in total. The Bertz CT molecular complexity index is 651. The number of hydrogen-bond acceptors (Lipinski definition) is 5. The number of carbonyl (C=O) groups is 1. The van der Waals surface area contributed by atoms with Crippen LogP contribution in [0.5, 0.6) is 0 Å². The van der Waals surface area contributed by atoms with E-state index in [0.29, 0.717) is 16.6 Å². The number of carbonyl (C=O) groups excluding carboxylic acids is 1. The second kappa shape index (κ2) is 12.1. The molecule has 0 bridgehead atoms. The number of hydrogen-bond donors (Lipinski definition) is 2. The van der Waals surface area contributed by atoms with Gasteiger partial charge in [0.15, 0.2) is 5.11 Å². The number of methoxy groups -OCH3 is 1. The maximum absolute atomic E-state index is 11.1. The summed E-state index contributed by atoms with van der Waals surface area (Å²) in [5, 5.41) is 7.80. The van der Waals surface area contributed by atoms with Crippen LogP contribution in [-0.4, -0.2) is 62.4 Å². The van der Waals surface area contributed by atoms with Crippen molar-refractivity contribution >= 4 is 46.3 Å². The SMILES string of the molecule is CCN1CCN(c2ccc(Cl)cc2NC(=S)NCCCCCC(=O)OC)CC1. The van der Waals surface area contributed by atoms with Crippen molar-refractivity contribution in [3.8, 4) is 0 Å². The van der Waals surface area contributed by atoms with Gasteiger partial charge in [0, 0.05) is 44.2 Å². The summed E-state index contributed by atoms with van der Waals surface area (Å²) in [5.41, 5.74) is 2.06. The van der Waals surface area contributed by atoms with Gasteiger partial charge in [-0.3, -0.25) is 4.79 Å². The highest BCUT2D eigenvalue weighted by molar-refractivity contribution is 7.80. The summed E-state index contributed by atoms with van der Waals surface area (Å²) >= 11 is 11.7.